The van der Waals surface area contributed by atoms with Crippen molar-refractivity contribution in [3.8, 4) is 0 Å². The number of nitrogens with one attached hydrogen (secondary N) is 2. The number of hydrogen-bond acceptors (Lipinski definition) is 4. The summed E-state index contributed by atoms with van der Waals surface area (Å²) in [4.78, 5) is 0.155. The highest BCUT2D eigenvalue weighted by molar-refractivity contribution is 9.10. The minimum absolute atomic E-state index is 0.155. The van der Waals surface area contributed by atoms with Gasteiger partial charge >= 0.3 is 0 Å². The summed E-state index contributed by atoms with van der Waals surface area (Å²) in [6.07, 6.45) is 0. The lowest BCUT2D eigenvalue weighted by atomic mass is 10.3. The maximum atomic E-state index is 12.3. The smallest absolute Gasteiger partial charge is 0.265 e. The number of rotatable bonds is 5. The van der Waals surface area contributed by atoms with Gasteiger partial charge in [0.15, 0.2) is 0 Å². The molecule has 1 aromatic heterocycles. The Balaban J connectivity index is 2.30. The predicted molar refractivity (Wildman–Crippen MR) is 81.2 cm³/mol. The zero-order valence-electron chi connectivity index (χ0n) is 11.1. The molecule has 20 heavy (non-hydrogen) atoms. The number of aryl methyl sites for hydroxylation is 1. The molecule has 0 amide bonds. The van der Waals surface area contributed by atoms with Gasteiger partial charge in [-0.1, -0.05) is 22.0 Å². The van der Waals surface area contributed by atoms with Gasteiger partial charge < -0.3 is 9.73 Å². The van der Waals surface area contributed by atoms with Crippen molar-refractivity contribution in [1.82, 2.24) is 5.32 Å². The molecule has 108 valence electrons. The summed E-state index contributed by atoms with van der Waals surface area (Å²) in [5, 5.41) is 2.92. The summed E-state index contributed by atoms with van der Waals surface area (Å²) in [5.41, 5.74) is 0.496. The quantitative estimate of drug-likeness (QED) is 0.861. The first-order valence-corrected chi connectivity index (χ1v) is 8.22. The lowest BCUT2D eigenvalue weighted by Crippen LogP contribution is -2.13. The molecule has 0 saturated carbocycles. The third-order valence-electron chi connectivity index (χ3n) is 2.64. The van der Waals surface area contributed by atoms with E-state index in [2.05, 4.69) is 26.0 Å². The Labute approximate surface area is 126 Å². The van der Waals surface area contributed by atoms with E-state index < -0.39 is 10.0 Å². The molecule has 5 nitrogen and oxygen atoms in total. The van der Waals surface area contributed by atoms with Gasteiger partial charge in [0.1, 0.15) is 16.4 Å². The number of sulfonamides is 1. The number of halogens is 1. The molecule has 0 aliphatic rings. The van der Waals surface area contributed by atoms with Crippen LogP contribution in [0.1, 0.15) is 11.5 Å². The Bertz CT molecular complexity index is 710. The summed E-state index contributed by atoms with van der Waals surface area (Å²) in [6, 6.07) is 8.50. The molecular formula is C13H15BrN2O3S. The Morgan fingerprint density at radius 1 is 1.30 bits per heavy atom. The van der Waals surface area contributed by atoms with Crippen molar-refractivity contribution in [2.75, 3.05) is 11.8 Å². The Morgan fingerprint density at radius 2 is 2.05 bits per heavy atom. The predicted octanol–water partition coefficient (Wildman–Crippen LogP) is 2.87. The maximum absolute atomic E-state index is 12.3. The van der Waals surface area contributed by atoms with Crippen molar-refractivity contribution in [2.24, 2.45) is 0 Å². The monoisotopic (exact) mass is 358 g/mol. The Kier molecular flexibility index (Phi) is 4.52. The van der Waals surface area contributed by atoms with Crippen LogP contribution in [0.5, 0.6) is 0 Å². The molecule has 0 fully saturated rings. The number of benzene rings is 1. The first-order valence-electron chi connectivity index (χ1n) is 5.94. The molecule has 2 N–H and O–H groups in total. The summed E-state index contributed by atoms with van der Waals surface area (Å²) < 4.78 is 33.4. The van der Waals surface area contributed by atoms with Crippen LogP contribution in [0.15, 0.2) is 44.1 Å². The lowest BCUT2D eigenvalue weighted by molar-refractivity contribution is 0.466. The minimum Gasteiger partial charge on any atom is -0.464 e. The van der Waals surface area contributed by atoms with E-state index in [-0.39, 0.29) is 4.90 Å². The SMILES string of the molecule is CNCc1cc(S(=O)(=O)Nc2cccc(Br)c2)c(C)o1. The second-order valence-electron chi connectivity index (χ2n) is 4.28. The number of furan rings is 1. The molecule has 2 aromatic rings. The van der Waals surface area contributed by atoms with E-state index in [0.717, 1.165) is 4.47 Å². The van der Waals surface area contributed by atoms with Gasteiger partial charge in [0, 0.05) is 16.2 Å². The molecule has 7 heteroatoms. The average Bonchev–Trinajstić information content (AvgIpc) is 2.71. The van der Waals surface area contributed by atoms with Gasteiger partial charge in [-0.05, 0) is 32.2 Å². The van der Waals surface area contributed by atoms with E-state index in [1.165, 1.54) is 6.07 Å². The van der Waals surface area contributed by atoms with Crippen LogP contribution in [0.2, 0.25) is 0 Å². The van der Waals surface area contributed by atoms with Gasteiger partial charge in [0.2, 0.25) is 0 Å². The largest absolute Gasteiger partial charge is 0.464 e. The van der Waals surface area contributed by atoms with Gasteiger partial charge in [-0.3, -0.25) is 4.72 Å². The van der Waals surface area contributed by atoms with Gasteiger partial charge in [-0.2, -0.15) is 0 Å². The van der Waals surface area contributed by atoms with Gasteiger partial charge in [-0.25, -0.2) is 8.42 Å². The first-order chi connectivity index (χ1) is 9.42. The van der Waals surface area contributed by atoms with E-state index in [4.69, 9.17) is 4.42 Å². The highest BCUT2D eigenvalue weighted by atomic mass is 79.9. The van der Waals surface area contributed by atoms with Crippen LogP contribution >= 0.6 is 15.9 Å². The van der Waals surface area contributed by atoms with Crippen molar-refractivity contribution in [1.29, 1.82) is 0 Å². The molecule has 1 heterocycles. The van der Waals surface area contributed by atoms with Crippen LogP contribution in [-0.2, 0) is 16.6 Å². The van der Waals surface area contributed by atoms with Gasteiger partial charge in [0.25, 0.3) is 10.0 Å². The van der Waals surface area contributed by atoms with Crippen molar-refractivity contribution in [3.05, 3.63) is 46.3 Å². The molecule has 1 aromatic carbocycles. The normalized spacial score (nSPS) is 11.6. The van der Waals surface area contributed by atoms with Crippen LogP contribution in [0, 0.1) is 6.92 Å². The zero-order valence-corrected chi connectivity index (χ0v) is 13.5. The molecule has 0 aliphatic carbocycles. The summed E-state index contributed by atoms with van der Waals surface area (Å²) in [6.45, 7) is 2.11. The van der Waals surface area contributed by atoms with E-state index in [9.17, 15) is 8.42 Å². The first kappa shape index (κ1) is 15.1. The maximum Gasteiger partial charge on any atom is 0.265 e. The molecule has 0 radical (unpaired) electrons. The fourth-order valence-corrected chi connectivity index (χ4v) is 3.47. The van der Waals surface area contributed by atoms with Crippen LogP contribution < -0.4 is 10.0 Å². The Morgan fingerprint density at radius 3 is 2.70 bits per heavy atom. The molecule has 0 spiro atoms. The van der Waals surface area contributed by atoms with Crippen LogP contribution in [-0.4, -0.2) is 15.5 Å². The molecule has 0 saturated heterocycles. The topological polar surface area (TPSA) is 71.3 Å². The minimum atomic E-state index is -3.65. The number of hydrogen-bond donors (Lipinski definition) is 2. The van der Waals surface area contributed by atoms with Crippen LogP contribution in [0.25, 0.3) is 0 Å². The van der Waals surface area contributed by atoms with Crippen molar-refractivity contribution < 1.29 is 12.8 Å². The van der Waals surface area contributed by atoms with Crippen LogP contribution in [0.3, 0.4) is 0 Å². The third kappa shape index (κ3) is 3.41. The highest BCUT2D eigenvalue weighted by Crippen LogP contribution is 2.24. The summed E-state index contributed by atoms with van der Waals surface area (Å²) in [5.74, 6) is 0.956. The van der Waals surface area contributed by atoms with Crippen molar-refractivity contribution in [2.45, 2.75) is 18.4 Å². The molecule has 0 atom stereocenters. The molecule has 0 bridgehead atoms. The van der Waals surface area contributed by atoms with E-state index in [1.807, 2.05) is 6.07 Å². The molecule has 2 rings (SSSR count). The molecule has 0 unspecified atom stereocenters. The van der Waals surface area contributed by atoms with E-state index in [0.29, 0.717) is 23.8 Å². The fourth-order valence-electron chi connectivity index (χ4n) is 1.81. The van der Waals surface area contributed by atoms with E-state index >= 15 is 0 Å². The van der Waals surface area contributed by atoms with Crippen molar-refractivity contribution >= 4 is 31.6 Å². The average molecular weight is 359 g/mol. The van der Waals surface area contributed by atoms with Crippen LogP contribution in [0.4, 0.5) is 5.69 Å². The Hall–Kier alpha value is -1.31. The second kappa shape index (κ2) is 5.99. The zero-order chi connectivity index (χ0) is 14.8. The van der Waals surface area contributed by atoms with Gasteiger partial charge in [0.05, 0.1) is 6.54 Å². The van der Waals surface area contributed by atoms with Crippen molar-refractivity contribution in [3.63, 3.8) is 0 Å². The fraction of sp³-hybridized carbons (Fsp3) is 0.231. The summed E-state index contributed by atoms with van der Waals surface area (Å²) in [7, 11) is -1.88. The third-order valence-corrected chi connectivity index (χ3v) is 4.62. The summed E-state index contributed by atoms with van der Waals surface area (Å²) >= 11 is 3.30. The van der Waals surface area contributed by atoms with Gasteiger partial charge in [-0.15, -0.1) is 0 Å². The molecule has 0 aliphatic heterocycles. The lowest BCUT2D eigenvalue weighted by Gasteiger charge is -2.07. The molecular weight excluding hydrogens is 344 g/mol. The number of anilines is 1. The highest BCUT2D eigenvalue weighted by Gasteiger charge is 2.21. The standard InChI is InChI=1S/C13H15BrN2O3S/c1-9-13(7-12(19-9)8-15-2)20(17,18)16-11-5-3-4-10(14)6-11/h3-7,15-16H,8H2,1-2H3. The van der Waals surface area contributed by atoms with E-state index in [1.54, 1.807) is 32.2 Å². The second-order valence-corrected chi connectivity index (χ2v) is 6.85.